The summed E-state index contributed by atoms with van der Waals surface area (Å²) in [6.45, 7) is 2.63. The number of aryl methyl sites for hydroxylation is 1. The van der Waals surface area contributed by atoms with E-state index in [-0.39, 0.29) is 5.56 Å². The monoisotopic (exact) mass is 203 g/mol. The van der Waals surface area contributed by atoms with Crippen LogP contribution >= 0.6 is 0 Å². The maximum atomic E-state index is 11.6. The molecule has 0 aliphatic rings. The standard InChI is InChI=1S/C11H13N3O/c1-3-14-9-6-10(12-2)13-7-8(9)4-5-11(14)15/h4-7H,3H2,1-2H3,(H,12,13). The van der Waals surface area contributed by atoms with Gasteiger partial charge in [-0.2, -0.15) is 0 Å². The molecule has 0 amide bonds. The van der Waals surface area contributed by atoms with Gasteiger partial charge in [-0.1, -0.05) is 0 Å². The van der Waals surface area contributed by atoms with Crippen LogP contribution in [0, 0.1) is 0 Å². The fraction of sp³-hybridized carbons (Fsp3) is 0.273. The first-order valence-corrected chi connectivity index (χ1v) is 4.93. The summed E-state index contributed by atoms with van der Waals surface area (Å²) < 4.78 is 1.73. The Morgan fingerprint density at radius 2 is 2.27 bits per heavy atom. The number of anilines is 1. The third-order valence-corrected chi connectivity index (χ3v) is 2.45. The van der Waals surface area contributed by atoms with Gasteiger partial charge >= 0.3 is 0 Å². The van der Waals surface area contributed by atoms with Crippen molar-refractivity contribution in [1.29, 1.82) is 0 Å². The van der Waals surface area contributed by atoms with Crippen LogP contribution in [0.4, 0.5) is 5.82 Å². The number of aromatic nitrogens is 2. The summed E-state index contributed by atoms with van der Waals surface area (Å²) in [5, 5.41) is 3.95. The third kappa shape index (κ3) is 1.58. The Balaban J connectivity index is 2.82. The molecule has 2 aromatic heterocycles. The van der Waals surface area contributed by atoms with E-state index >= 15 is 0 Å². The van der Waals surface area contributed by atoms with Crippen LogP contribution in [0.1, 0.15) is 6.92 Å². The summed E-state index contributed by atoms with van der Waals surface area (Å²) in [5.74, 6) is 0.773. The average Bonchev–Trinajstić information content (AvgIpc) is 2.28. The minimum absolute atomic E-state index is 0.0262. The van der Waals surface area contributed by atoms with Gasteiger partial charge in [0.15, 0.2) is 0 Å². The van der Waals surface area contributed by atoms with E-state index in [1.165, 1.54) is 0 Å². The number of hydrogen-bond donors (Lipinski definition) is 1. The Hall–Kier alpha value is -1.84. The van der Waals surface area contributed by atoms with Crippen molar-refractivity contribution >= 4 is 16.7 Å². The van der Waals surface area contributed by atoms with E-state index in [9.17, 15) is 4.79 Å². The fourth-order valence-electron chi connectivity index (χ4n) is 1.65. The average molecular weight is 203 g/mol. The molecule has 2 heterocycles. The van der Waals surface area contributed by atoms with Gasteiger partial charge in [-0.15, -0.1) is 0 Å². The van der Waals surface area contributed by atoms with Gasteiger partial charge in [0.25, 0.3) is 5.56 Å². The summed E-state index contributed by atoms with van der Waals surface area (Å²) in [7, 11) is 1.81. The smallest absolute Gasteiger partial charge is 0.251 e. The Labute approximate surface area is 87.6 Å². The molecule has 78 valence electrons. The SMILES string of the molecule is CCn1c(=O)ccc2cnc(NC)cc21. The molecule has 0 aliphatic heterocycles. The Morgan fingerprint density at radius 3 is 2.93 bits per heavy atom. The number of pyridine rings is 2. The highest BCUT2D eigenvalue weighted by Gasteiger charge is 2.02. The van der Waals surface area contributed by atoms with Crippen LogP contribution in [0.2, 0.25) is 0 Å². The van der Waals surface area contributed by atoms with E-state index in [1.807, 2.05) is 20.0 Å². The molecular formula is C11H13N3O. The molecule has 0 radical (unpaired) electrons. The molecule has 0 saturated heterocycles. The molecule has 15 heavy (non-hydrogen) atoms. The number of hydrogen-bond acceptors (Lipinski definition) is 3. The van der Waals surface area contributed by atoms with Gasteiger partial charge in [0.1, 0.15) is 5.82 Å². The normalized spacial score (nSPS) is 10.5. The Morgan fingerprint density at radius 1 is 1.47 bits per heavy atom. The largest absolute Gasteiger partial charge is 0.373 e. The summed E-state index contributed by atoms with van der Waals surface area (Å²) >= 11 is 0. The number of rotatable bonds is 2. The first kappa shape index (κ1) is 9.71. The van der Waals surface area contributed by atoms with Gasteiger partial charge in [0.05, 0.1) is 5.52 Å². The molecule has 0 fully saturated rings. The predicted molar refractivity (Wildman–Crippen MR) is 61.2 cm³/mol. The van der Waals surface area contributed by atoms with Crippen LogP contribution in [0.15, 0.2) is 29.2 Å². The number of nitrogens with one attached hydrogen (secondary N) is 1. The molecular weight excluding hydrogens is 190 g/mol. The van der Waals surface area contributed by atoms with Gasteiger partial charge in [0.2, 0.25) is 0 Å². The van der Waals surface area contributed by atoms with Crippen molar-refractivity contribution in [2.75, 3.05) is 12.4 Å². The van der Waals surface area contributed by atoms with Crippen molar-refractivity contribution in [2.24, 2.45) is 0 Å². The predicted octanol–water partition coefficient (Wildman–Crippen LogP) is 1.46. The van der Waals surface area contributed by atoms with Crippen LogP contribution < -0.4 is 10.9 Å². The maximum Gasteiger partial charge on any atom is 0.251 e. The minimum Gasteiger partial charge on any atom is -0.373 e. The van der Waals surface area contributed by atoms with Gasteiger partial charge in [-0.3, -0.25) is 4.79 Å². The minimum atomic E-state index is 0.0262. The molecule has 4 nitrogen and oxygen atoms in total. The molecule has 0 bridgehead atoms. The van der Waals surface area contributed by atoms with Crippen molar-refractivity contribution in [3.8, 4) is 0 Å². The molecule has 0 unspecified atom stereocenters. The second-order valence-corrected chi connectivity index (χ2v) is 3.29. The Kier molecular flexibility index (Phi) is 2.41. The van der Waals surface area contributed by atoms with E-state index in [0.717, 1.165) is 16.7 Å². The highest BCUT2D eigenvalue weighted by molar-refractivity contribution is 5.80. The first-order valence-electron chi connectivity index (χ1n) is 4.93. The second kappa shape index (κ2) is 3.73. The van der Waals surface area contributed by atoms with Crippen molar-refractivity contribution in [3.63, 3.8) is 0 Å². The molecule has 0 aromatic carbocycles. The van der Waals surface area contributed by atoms with E-state index < -0.39 is 0 Å². The van der Waals surface area contributed by atoms with E-state index in [1.54, 1.807) is 22.9 Å². The zero-order valence-electron chi connectivity index (χ0n) is 8.82. The van der Waals surface area contributed by atoms with Crippen LogP contribution in [0.25, 0.3) is 10.9 Å². The molecule has 4 heteroatoms. The highest BCUT2D eigenvalue weighted by Crippen LogP contribution is 2.14. The molecule has 2 rings (SSSR count). The molecule has 0 aliphatic carbocycles. The van der Waals surface area contributed by atoms with Crippen LogP contribution in [-0.4, -0.2) is 16.6 Å². The van der Waals surface area contributed by atoms with Crippen LogP contribution in [-0.2, 0) is 6.54 Å². The van der Waals surface area contributed by atoms with Crippen molar-refractivity contribution in [2.45, 2.75) is 13.5 Å². The molecule has 2 aromatic rings. The molecule has 1 N–H and O–H groups in total. The van der Waals surface area contributed by atoms with E-state index in [0.29, 0.717) is 6.54 Å². The van der Waals surface area contributed by atoms with Gasteiger partial charge in [-0.25, -0.2) is 4.98 Å². The lowest BCUT2D eigenvalue weighted by atomic mass is 10.2. The zero-order chi connectivity index (χ0) is 10.8. The summed E-state index contributed by atoms with van der Waals surface area (Å²) in [6, 6.07) is 5.27. The lowest BCUT2D eigenvalue weighted by Gasteiger charge is -2.08. The van der Waals surface area contributed by atoms with Crippen molar-refractivity contribution in [1.82, 2.24) is 9.55 Å². The summed E-state index contributed by atoms with van der Waals surface area (Å²) in [6.07, 6.45) is 1.77. The summed E-state index contributed by atoms with van der Waals surface area (Å²) in [4.78, 5) is 15.8. The van der Waals surface area contributed by atoms with Gasteiger partial charge in [0, 0.05) is 37.3 Å². The number of fused-ring (bicyclic) bond motifs is 1. The first-order chi connectivity index (χ1) is 7.26. The van der Waals surface area contributed by atoms with Crippen molar-refractivity contribution < 1.29 is 0 Å². The number of nitrogens with zero attached hydrogens (tertiary/aromatic N) is 2. The zero-order valence-corrected chi connectivity index (χ0v) is 8.82. The van der Waals surface area contributed by atoms with E-state index in [4.69, 9.17) is 0 Å². The molecule has 0 saturated carbocycles. The Bertz CT molecular complexity index is 545. The quantitative estimate of drug-likeness (QED) is 0.803. The van der Waals surface area contributed by atoms with Crippen molar-refractivity contribution in [3.05, 3.63) is 34.7 Å². The highest BCUT2D eigenvalue weighted by atomic mass is 16.1. The van der Waals surface area contributed by atoms with Crippen LogP contribution in [0.5, 0.6) is 0 Å². The van der Waals surface area contributed by atoms with Gasteiger partial charge in [-0.05, 0) is 13.0 Å². The maximum absolute atomic E-state index is 11.6. The van der Waals surface area contributed by atoms with Gasteiger partial charge < -0.3 is 9.88 Å². The topological polar surface area (TPSA) is 46.9 Å². The summed E-state index contributed by atoms with van der Waals surface area (Å²) in [5.41, 5.74) is 0.947. The van der Waals surface area contributed by atoms with E-state index in [2.05, 4.69) is 10.3 Å². The lowest BCUT2D eigenvalue weighted by molar-refractivity contribution is 0.759. The lowest BCUT2D eigenvalue weighted by Crippen LogP contribution is -2.18. The third-order valence-electron chi connectivity index (χ3n) is 2.45. The second-order valence-electron chi connectivity index (χ2n) is 3.29. The van der Waals surface area contributed by atoms with Crippen LogP contribution in [0.3, 0.4) is 0 Å². The fourth-order valence-corrected chi connectivity index (χ4v) is 1.65. The molecule has 0 spiro atoms. The molecule has 0 atom stereocenters.